The fourth-order valence-corrected chi connectivity index (χ4v) is 3.63. The largest absolute Gasteiger partial charge is 0.480 e. The topological polar surface area (TPSA) is 104 Å². The lowest BCUT2D eigenvalue weighted by Crippen LogP contribution is -2.48. The van der Waals surface area contributed by atoms with Gasteiger partial charge < -0.3 is 15.5 Å². The van der Waals surface area contributed by atoms with Crippen LogP contribution in [0.4, 0.5) is 0 Å². The number of aliphatic carboxylic acids is 1. The summed E-state index contributed by atoms with van der Waals surface area (Å²) in [6, 6.07) is 8.02. The Morgan fingerprint density at radius 3 is 2.43 bits per heavy atom. The lowest BCUT2D eigenvalue weighted by atomic mass is 9.64. The molecular formula is C24H29NO5. The van der Waals surface area contributed by atoms with Gasteiger partial charge in [0.2, 0.25) is 5.91 Å². The smallest absolute Gasteiger partial charge is 0.326 e. The molecule has 3 N–H and O–H groups in total. The van der Waals surface area contributed by atoms with Gasteiger partial charge >= 0.3 is 5.97 Å². The Balaban J connectivity index is 2.12. The highest BCUT2D eigenvalue weighted by molar-refractivity contribution is 5.93. The molecule has 1 aromatic carbocycles. The molecule has 0 radical (unpaired) electrons. The summed E-state index contributed by atoms with van der Waals surface area (Å²) in [6.45, 7) is 7.03. The summed E-state index contributed by atoms with van der Waals surface area (Å²) in [5.74, 6) is -1.67. The van der Waals surface area contributed by atoms with Crippen LogP contribution in [-0.2, 0) is 20.8 Å². The van der Waals surface area contributed by atoms with E-state index in [-0.39, 0.29) is 18.6 Å². The average molecular weight is 411 g/mol. The van der Waals surface area contributed by atoms with Crippen LogP contribution >= 0.6 is 0 Å². The molecule has 1 aromatic rings. The third-order valence-corrected chi connectivity index (χ3v) is 5.47. The maximum atomic E-state index is 12.3. The third-order valence-electron chi connectivity index (χ3n) is 5.47. The minimum atomic E-state index is -1.32. The van der Waals surface area contributed by atoms with Gasteiger partial charge in [0.15, 0.2) is 5.78 Å². The molecule has 0 aliphatic heterocycles. The molecule has 160 valence electrons. The normalized spacial score (nSPS) is 22.5. The predicted octanol–water partition coefficient (Wildman–Crippen LogP) is 2.98. The van der Waals surface area contributed by atoms with E-state index in [0.29, 0.717) is 11.1 Å². The maximum Gasteiger partial charge on any atom is 0.326 e. The molecule has 2 atom stereocenters. The molecule has 0 saturated carbocycles. The van der Waals surface area contributed by atoms with Crippen LogP contribution in [0.2, 0.25) is 0 Å². The first-order valence-electron chi connectivity index (χ1n) is 9.83. The molecule has 0 fully saturated rings. The number of benzene rings is 1. The summed E-state index contributed by atoms with van der Waals surface area (Å²) in [4.78, 5) is 35.7. The lowest BCUT2D eigenvalue weighted by Gasteiger charge is -2.44. The van der Waals surface area contributed by atoms with Crippen molar-refractivity contribution in [2.75, 3.05) is 0 Å². The van der Waals surface area contributed by atoms with E-state index < -0.39 is 28.9 Å². The summed E-state index contributed by atoms with van der Waals surface area (Å²) in [5.41, 5.74) is -0.101. The molecule has 0 saturated heterocycles. The number of amides is 1. The Labute approximate surface area is 177 Å². The Kier molecular flexibility index (Phi) is 7.16. The predicted molar refractivity (Wildman–Crippen MR) is 115 cm³/mol. The van der Waals surface area contributed by atoms with Gasteiger partial charge in [-0.15, -0.1) is 0 Å². The summed E-state index contributed by atoms with van der Waals surface area (Å²) in [7, 11) is 0. The van der Waals surface area contributed by atoms with Gasteiger partial charge in [-0.1, -0.05) is 50.3 Å². The molecule has 1 aliphatic rings. The summed E-state index contributed by atoms with van der Waals surface area (Å²) >= 11 is 0. The molecule has 2 rings (SSSR count). The number of hydrogen-bond acceptors (Lipinski definition) is 4. The average Bonchev–Trinajstić information content (AvgIpc) is 2.64. The highest BCUT2D eigenvalue weighted by Crippen LogP contribution is 2.44. The molecule has 6 nitrogen and oxygen atoms in total. The number of carbonyl (C=O) groups excluding carboxylic acids is 2. The van der Waals surface area contributed by atoms with Crippen molar-refractivity contribution in [1.82, 2.24) is 5.32 Å². The molecule has 0 aromatic heterocycles. The van der Waals surface area contributed by atoms with Crippen LogP contribution in [-0.4, -0.2) is 39.5 Å². The van der Waals surface area contributed by atoms with Gasteiger partial charge in [0.25, 0.3) is 0 Å². The number of hydrogen-bond donors (Lipinski definition) is 3. The van der Waals surface area contributed by atoms with Crippen molar-refractivity contribution in [1.29, 1.82) is 0 Å². The third kappa shape index (κ3) is 5.54. The Hall–Kier alpha value is -2.99. The number of ketones is 1. The molecule has 1 unspecified atom stereocenters. The number of carbonyl (C=O) groups is 3. The van der Waals surface area contributed by atoms with Crippen molar-refractivity contribution < 1.29 is 24.6 Å². The SMILES string of the molecule is CC1=CC(=O)CC(C)(C)C1(O)/C=C/C(C)=C\C(=O)N[C@@H](Cc1ccccc1)C(=O)O. The molecule has 0 spiro atoms. The van der Waals surface area contributed by atoms with Gasteiger partial charge in [0.1, 0.15) is 11.6 Å². The Morgan fingerprint density at radius 2 is 1.87 bits per heavy atom. The number of allylic oxidation sites excluding steroid dienone is 3. The van der Waals surface area contributed by atoms with Gasteiger partial charge in [-0.25, -0.2) is 4.79 Å². The minimum Gasteiger partial charge on any atom is -0.480 e. The molecule has 1 amide bonds. The van der Waals surface area contributed by atoms with E-state index in [9.17, 15) is 24.6 Å². The van der Waals surface area contributed by atoms with Gasteiger partial charge in [0.05, 0.1) is 0 Å². The van der Waals surface area contributed by atoms with E-state index in [1.165, 1.54) is 12.2 Å². The zero-order valence-corrected chi connectivity index (χ0v) is 17.8. The highest BCUT2D eigenvalue weighted by Gasteiger charge is 2.46. The van der Waals surface area contributed by atoms with E-state index in [2.05, 4.69) is 5.32 Å². The monoisotopic (exact) mass is 411 g/mol. The first-order valence-corrected chi connectivity index (χ1v) is 9.83. The van der Waals surface area contributed by atoms with Crippen molar-refractivity contribution in [2.45, 2.75) is 52.2 Å². The summed E-state index contributed by atoms with van der Waals surface area (Å²) in [6.07, 6.45) is 6.33. The van der Waals surface area contributed by atoms with Crippen LogP contribution < -0.4 is 5.32 Å². The molecule has 0 bridgehead atoms. The van der Waals surface area contributed by atoms with E-state index >= 15 is 0 Å². The minimum absolute atomic E-state index is 0.0275. The number of carboxylic acids is 1. The second-order valence-electron chi connectivity index (χ2n) is 8.43. The van der Waals surface area contributed by atoms with Crippen molar-refractivity contribution in [3.8, 4) is 0 Å². The number of rotatable bonds is 7. The van der Waals surface area contributed by atoms with E-state index in [4.69, 9.17) is 0 Å². The molecule has 1 aliphatic carbocycles. The van der Waals surface area contributed by atoms with E-state index in [1.807, 2.05) is 32.0 Å². The van der Waals surface area contributed by atoms with Crippen LogP contribution in [0.1, 0.15) is 39.7 Å². The number of nitrogens with one attached hydrogen (secondary N) is 1. The van der Waals surface area contributed by atoms with Crippen molar-refractivity contribution >= 4 is 17.7 Å². The van der Waals surface area contributed by atoms with E-state index in [0.717, 1.165) is 5.56 Å². The van der Waals surface area contributed by atoms with E-state index in [1.54, 1.807) is 38.1 Å². The van der Waals surface area contributed by atoms with Crippen molar-refractivity contribution in [2.24, 2.45) is 5.41 Å². The fourth-order valence-electron chi connectivity index (χ4n) is 3.63. The quantitative estimate of drug-likeness (QED) is 0.473. The zero-order chi connectivity index (χ0) is 22.5. The number of carboxylic acid groups (broad SMARTS) is 1. The second-order valence-corrected chi connectivity index (χ2v) is 8.43. The zero-order valence-electron chi connectivity index (χ0n) is 17.8. The highest BCUT2D eigenvalue weighted by atomic mass is 16.4. The van der Waals surface area contributed by atoms with Gasteiger partial charge in [0, 0.05) is 24.3 Å². The van der Waals surface area contributed by atoms with Crippen LogP contribution in [0.25, 0.3) is 0 Å². The van der Waals surface area contributed by atoms with Crippen LogP contribution in [0.3, 0.4) is 0 Å². The van der Waals surface area contributed by atoms with Gasteiger partial charge in [-0.2, -0.15) is 0 Å². The van der Waals surface area contributed by atoms with Crippen molar-refractivity contribution in [3.63, 3.8) is 0 Å². The van der Waals surface area contributed by atoms with Gasteiger partial charge in [-0.3, -0.25) is 9.59 Å². The van der Waals surface area contributed by atoms with Crippen LogP contribution in [0.5, 0.6) is 0 Å². The standard InChI is InChI=1S/C24H29NO5/c1-16(10-11-24(30)17(2)13-19(26)15-23(24,3)4)12-21(27)25-20(22(28)29)14-18-8-6-5-7-9-18/h5-13,20,30H,14-15H2,1-4H3,(H,25,27)(H,28,29)/b11-10+,16-12-/t20-,24?/m0/s1. The van der Waals surface area contributed by atoms with Crippen molar-refractivity contribution in [3.05, 3.63) is 71.3 Å². The first-order chi connectivity index (χ1) is 13.9. The summed E-state index contributed by atoms with van der Waals surface area (Å²) in [5, 5.41) is 23.1. The van der Waals surface area contributed by atoms with Crippen LogP contribution in [0.15, 0.2) is 65.8 Å². The molecular weight excluding hydrogens is 382 g/mol. The van der Waals surface area contributed by atoms with Gasteiger partial charge in [-0.05, 0) is 42.7 Å². The second kappa shape index (κ2) is 9.22. The first kappa shape index (κ1) is 23.3. The molecule has 30 heavy (non-hydrogen) atoms. The van der Waals surface area contributed by atoms with Crippen LogP contribution in [0, 0.1) is 5.41 Å². The Morgan fingerprint density at radius 1 is 1.23 bits per heavy atom. The fraction of sp³-hybridized carbons (Fsp3) is 0.375. The maximum absolute atomic E-state index is 12.3. The molecule has 0 heterocycles. The number of aliphatic hydroxyl groups is 1. The Bertz CT molecular complexity index is 911. The molecule has 6 heteroatoms. The summed E-state index contributed by atoms with van der Waals surface area (Å²) < 4.78 is 0. The lowest BCUT2D eigenvalue weighted by molar-refractivity contribution is -0.141.